The van der Waals surface area contributed by atoms with Crippen molar-refractivity contribution in [3.8, 4) is 16.9 Å². The zero-order valence-electron chi connectivity index (χ0n) is 14.8. The summed E-state index contributed by atoms with van der Waals surface area (Å²) in [6.45, 7) is 2.95. The number of hydrogen-bond acceptors (Lipinski definition) is 5. The molecule has 134 valence electrons. The number of carbonyl (C=O) groups is 1. The van der Waals surface area contributed by atoms with E-state index < -0.39 is 0 Å². The summed E-state index contributed by atoms with van der Waals surface area (Å²) in [7, 11) is 1.59. The number of ether oxygens (including phenoxy) is 1. The summed E-state index contributed by atoms with van der Waals surface area (Å²) in [4.78, 5) is 16.6. The third-order valence-corrected chi connectivity index (χ3v) is 4.02. The molecule has 0 saturated carbocycles. The normalized spacial score (nSPS) is 10.7. The molecule has 0 atom stereocenters. The Hall–Kier alpha value is -3.06. The van der Waals surface area contributed by atoms with Gasteiger partial charge in [-0.3, -0.25) is 9.78 Å². The zero-order chi connectivity index (χ0) is 18.4. The first-order valence-corrected chi connectivity index (χ1v) is 8.47. The van der Waals surface area contributed by atoms with Crippen molar-refractivity contribution in [1.82, 2.24) is 25.3 Å². The van der Waals surface area contributed by atoms with Crippen LogP contribution in [0.25, 0.3) is 16.9 Å². The third kappa shape index (κ3) is 3.78. The lowest BCUT2D eigenvalue weighted by molar-refractivity contribution is 0.0932. The second kappa shape index (κ2) is 8.35. The van der Waals surface area contributed by atoms with Crippen LogP contribution in [0.3, 0.4) is 0 Å². The molecule has 1 amide bonds. The summed E-state index contributed by atoms with van der Waals surface area (Å²) >= 11 is 0. The fourth-order valence-electron chi connectivity index (χ4n) is 2.61. The number of amides is 1. The van der Waals surface area contributed by atoms with Gasteiger partial charge < -0.3 is 10.1 Å². The van der Waals surface area contributed by atoms with Gasteiger partial charge in [0, 0.05) is 31.6 Å². The maximum Gasteiger partial charge on any atom is 0.274 e. The van der Waals surface area contributed by atoms with Gasteiger partial charge in [0.15, 0.2) is 5.69 Å². The van der Waals surface area contributed by atoms with E-state index in [2.05, 4.69) is 27.5 Å². The largest absolute Gasteiger partial charge is 0.383 e. The minimum absolute atomic E-state index is 0.270. The van der Waals surface area contributed by atoms with Gasteiger partial charge in [-0.05, 0) is 36.2 Å². The van der Waals surface area contributed by atoms with Crippen LogP contribution in [0.2, 0.25) is 0 Å². The number of benzene rings is 1. The highest BCUT2D eigenvalue weighted by atomic mass is 16.5. The van der Waals surface area contributed by atoms with E-state index >= 15 is 0 Å². The molecule has 0 aliphatic rings. The molecule has 7 heteroatoms. The molecule has 3 rings (SSSR count). The predicted octanol–water partition coefficient (Wildman–Crippen LogP) is 2.27. The highest BCUT2D eigenvalue weighted by Crippen LogP contribution is 2.25. The van der Waals surface area contributed by atoms with Crippen molar-refractivity contribution < 1.29 is 9.53 Å². The molecule has 0 radical (unpaired) electrons. The van der Waals surface area contributed by atoms with Gasteiger partial charge in [-0.15, -0.1) is 5.10 Å². The highest BCUT2D eigenvalue weighted by molar-refractivity contribution is 5.98. The molecule has 3 aromatic rings. The van der Waals surface area contributed by atoms with Gasteiger partial charge in [-0.1, -0.05) is 24.3 Å². The SMILES string of the molecule is CCc1ccc(-n2nnc(C(=O)NCCOC)c2-c2ccncc2)cc1. The van der Waals surface area contributed by atoms with Gasteiger partial charge in [0.25, 0.3) is 5.91 Å². The second-order valence-electron chi connectivity index (χ2n) is 5.70. The molecule has 7 nitrogen and oxygen atoms in total. The molecule has 0 aliphatic heterocycles. The quantitative estimate of drug-likeness (QED) is 0.660. The van der Waals surface area contributed by atoms with Gasteiger partial charge in [-0.2, -0.15) is 0 Å². The second-order valence-corrected chi connectivity index (χ2v) is 5.70. The fourth-order valence-corrected chi connectivity index (χ4v) is 2.61. The van der Waals surface area contributed by atoms with Gasteiger partial charge in [0.05, 0.1) is 12.3 Å². The average Bonchev–Trinajstić information content (AvgIpc) is 3.14. The molecule has 0 saturated heterocycles. The third-order valence-electron chi connectivity index (χ3n) is 4.02. The minimum Gasteiger partial charge on any atom is -0.383 e. The van der Waals surface area contributed by atoms with Crippen molar-refractivity contribution in [1.29, 1.82) is 0 Å². The Kier molecular flexibility index (Phi) is 5.70. The standard InChI is InChI=1S/C19H21N5O2/c1-3-14-4-6-16(7-5-14)24-18(15-8-10-20-11-9-15)17(22-23-24)19(25)21-12-13-26-2/h4-11H,3,12-13H2,1-2H3,(H,21,25). The molecule has 0 unspecified atom stereocenters. The van der Waals surface area contributed by atoms with E-state index in [1.54, 1.807) is 24.2 Å². The number of pyridine rings is 1. The van der Waals surface area contributed by atoms with Gasteiger partial charge >= 0.3 is 0 Å². The number of carbonyl (C=O) groups excluding carboxylic acids is 1. The maximum atomic E-state index is 12.6. The van der Waals surface area contributed by atoms with Gasteiger partial charge in [0.2, 0.25) is 0 Å². The van der Waals surface area contributed by atoms with E-state index in [4.69, 9.17) is 4.74 Å². The first-order valence-electron chi connectivity index (χ1n) is 8.47. The zero-order valence-corrected chi connectivity index (χ0v) is 14.8. The highest BCUT2D eigenvalue weighted by Gasteiger charge is 2.21. The molecule has 0 aliphatic carbocycles. The average molecular weight is 351 g/mol. The number of aryl methyl sites for hydroxylation is 1. The van der Waals surface area contributed by atoms with Gasteiger partial charge in [0.1, 0.15) is 5.69 Å². The first-order chi connectivity index (χ1) is 12.7. The van der Waals surface area contributed by atoms with Crippen LogP contribution in [-0.2, 0) is 11.2 Å². The lowest BCUT2D eigenvalue weighted by Crippen LogP contribution is -2.27. The summed E-state index contributed by atoms with van der Waals surface area (Å²) in [5, 5.41) is 11.1. The number of hydrogen-bond donors (Lipinski definition) is 1. The number of nitrogens with one attached hydrogen (secondary N) is 1. The van der Waals surface area contributed by atoms with E-state index in [1.165, 1.54) is 5.56 Å². The number of rotatable bonds is 7. The Morgan fingerprint density at radius 1 is 1.15 bits per heavy atom. The van der Waals surface area contributed by atoms with Crippen molar-refractivity contribution in [2.75, 3.05) is 20.3 Å². The Labute approximate surface area is 152 Å². The van der Waals surface area contributed by atoms with Crippen LogP contribution >= 0.6 is 0 Å². The summed E-state index contributed by atoms with van der Waals surface area (Å²) in [5.74, 6) is -0.287. The molecule has 0 spiro atoms. The fraction of sp³-hybridized carbons (Fsp3) is 0.263. The van der Waals surface area contributed by atoms with Crippen molar-refractivity contribution >= 4 is 5.91 Å². The Morgan fingerprint density at radius 2 is 1.88 bits per heavy atom. The minimum atomic E-state index is -0.287. The smallest absolute Gasteiger partial charge is 0.274 e. The first kappa shape index (κ1) is 17.8. The lowest BCUT2D eigenvalue weighted by Gasteiger charge is -2.09. The van der Waals surface area contributed by atoms with Crippen LogP contribution < -0.4 is 5.32 Å². The van der Waals surface area contributed by atoms with E-state index in [0.717, 1.165) is 17.7 Å². The van der Waals surface area contributed by atoms with Gasteiger partial charge in [-0.25, -0.2) is 4.68 Å². The van der Waals surface area contributed by atoms with Crippen molar-refractivity contribution in [2.45, 2.75) is 13.3 Å². The maximum absolute atomic E-state index is 12.6. The van der Waals surface area contributed by atoms with E-state index in [1.807, 2.05) is 36.4 Å². The Bertz CT molecular complexity index is 859. The Morgan fingerprint density at radius 3 is 2.54 bits per heavy atom. The van der Waals surface area contributed by atoms with Crippen LogP contribution in [0.1, 0.15) is 23.0 Å². The van der Waals surface area contributed by atoms with Crippen molar-refractivity contribution in [3.05, 3.63) is 60.0 Å². The number of methoxy groups -OCH3 is 1. The van der Waals surface area contributed by atoms with E-state index in [0.29, 0.717) is 18.8 Å². The van der Waals surface area contributed by atoms with Crippen LogP contribution in [-0.4, -0.2) is 46.1 Å². The molecular formula is C19H21N5O2. The van der Waals surface area contributed by atoms with Crippen LogP contribution in [0.5, 0.6) is 0 Å². The molecule has 1 aromatic carbocycles. The summed E-state index contributed by atoms with van der Waals surface area (Å²) < 4.78 is 6.66. The summed E-state index contributed by atoms with van der Waals surface area (Å²) in [6, 6.07) is 11.7. The molecule has 0 bridgehead atoms. The van der Waals surface area contributed by atoms with E-state index in [9.17, 15) is 4.79 Å². The predicted molar refractivity (Wildman–Crippen MR) is 98.2 cm³/mol. The monoisotopic (exact) mass is 351 g/mol. The molecule has 0 fully saturated rings. The number of nitrogens with zero attached hydrogens (tertiary/aromatic N) is 4. The molecule has 26 heavy (non-hydrogen) atoms. The van der Waals surface area contributed by atoms with Crippen LogP contribution in [0.15, 0.2) is 48.8 Å². The number of aromatic nitrogens is 4. The van der Waals surface area contributed by atoms with Crippen LogP contribution in [0, 0.1) is 0 Å². The molecule has 2 heterocycles. The Balaban J connectivity index is 2.03. The van der Waals surface area contributed by atoms with Crippen LogP contribution in [0.4, 0.5) is 0 Å². The van der Waals surface area contributed by atoms with E-state index in [-0.39, 0.29) is 11.6 Å². The summed E-state index contributed by atoms with van der Waals surface area (Å²) in [5.41, 5.74) is 3.80. The topological polar surface area (TPSA) is 81.9 Å². The molecule has 2 aromatic heterocycles. The van der Waals surface area contributed by atoms with Crippen molar-refractivity contribution in [2.24, 2.45) is 0 Å². The molecular weight excluding hydrogens is 330 g/mol. The lowest BCUT2D eigenvalue weighted by atomic mass is 10.1. The van der Waals surface area contributed by atoms with Crippen molar-refractivity contribution in [3.63, 3.8) is 0 Å². The molecule has 1 N–H and O–H groups in total. The summed E-state index contributed by atoms with van der Waals surface area (Å²) in [6.07, 6.45) is 4.32.